The molecular weight excluding hydrogens is 392 g/mol. The molecule has 0 aliphatic heterocycles. The van der Waals surface area contributed by atoms with Gasteiger partial charge in [0.1, 0.15) is 5.69 Å². The number of anilines is 1. The summed E-state index contributed by atoms with van der Waals surface area (Å²) in [6.07, 6.45) is 21.1. The summed E-state index contributed by atoms with van der Waals surface area (Å²) in [6.45, 7) is 3.26. The SMILES string of the molecule is CCCCCCCCCCCCCCCCn1c(-c2ccccn2)nc2cc(N)ccc21. The number of hydrogen-bond donors (Lipinski definition) is 1. The number of benzene rings is 1. The first-order chi connectivity index (χ1) is 15.8. The molecule has 0 saturated heterocycles. The lowest BCUT2D eigenvalue weighted by atomic mass is 10.0. The minimum atomic E-state index is 0.756. The number of aryl methyl sites for hydroxylation is 1. The van der Waals surface area contributed by atoms with Gasteiger partial charge in [0.15, 0.2) is 5.82 Å². The zero-order valence-electron chi connectivity index (χ0n) is 20.1. The van der Waals surface area contributed by atoms with E-state index in [-0.39, 0.29) is 0 Å². The van der Waals surface area contributed by atoms with Crippen LogP contribution >= 0.6 is 0 Å². The molecule has 0 radical (unpaired) electrons. The van der Waals surface area contributed by atoms with Gasteiger partial charge in [-0.05, 0) is 36.8 Å². The van der Waals surface area contributed by atoms with Crippen molar-refractivity contribution in [1.82, 2.24) is 14.5 Å². The maximum atomic E-state index is 5.99. The Morgan fingerprint density at radius 2 is 1.38 bits per heavy atom. The topological polar surface area (TPSA) is 56.7 Å². The van der Waals surface area contributed by atoms with E-state index in [9.17, 15) is 0 Å². The van der Waals surface area contributed by atoms with Gasteiger partial charge in [-0.3, -0.25) is 4.98 Å². The standard InChI is InChI=1S/C28H42N4/c1-2-3-4-5-6-7-8-9-10-11-12-13-14-17-22-32-27-20-19-24(29)23-26(27)31-28(32)25-18-15-16-21-30-25/h15-16,18-21,23H,2-14,17,22,29H2,1H3. The number of aromatic nitrogens is 3. The summed E-state index contributed by atoms with van der Waals surface area (Å²) in [6, 6.07) is 12.0. The van der Waals surface area contributed by atoms with Gasteiger partial charge in [0.2, 0.25) is 0 Å². The van der Waals surface area contributed by atoms with Crippen molar-refractivity contribution >= 4 is 16.7 Å². The average Bonchev–Trinajstić information content (AvgIpc) is 3.17. The molecule has 2 N–H and O–H groups in total. The quantitative estimate of drug-likeness (QED) is 0.183. The summed E-state index contributed by atoms with van der Waals surface area (Å²) < 4.78 is 2.32. The highest BCUT2D eigenvalue weighted by atomic mass is 15.1. The fourth-order valence-electron chi connectivity index (χ4n) is 4.53. The maximum absolute atomic E-state index is 5.99. The first-order valence-corrected chi connectivity index (χ1v) is 13.0. The number of nitrogens with zero attached hydrogens (tertiary/aromatic N) is 3. The van der Waals surface area contributed by atoms with Crippen LogP contribution in [0.4, 0.5) is 5.69 Å². The molecule has 0 amide bonds. The van der Waals surface area contributed by atoms with E-state index in [1.54, 1.807) is 0 Å². The normalized spacial score (nSPS) is 11.4. The number of rotatable bonds is 16. The van der Waals surface area contributed by atoms with Gasteiger partial charge in [-0.1, -0.05) is 96.5 Å². The van der Waals surface area contributed by atoms with E-state index in [1.807, 2.05) is 36.5 Å². The van der Waals surface area contributed by atoms with Gasteiger partial charge < -0.3 is 10.3 Å². The summed E-state index contributed by atoms with van der Waals surface area (Å²) >= 11 is 0. The van der Waals surface area contributed by atoms with E-state index in [2.05, 4.69) is 22.5 Å². The molecule has 2 heterocycles. The van der Waals surface area contributed by atoms with Crippen LogP contribution in [0, 0.1) is 0 Å². The summed E-state index contributed by atoms with van der Waals surface area (Å²) in [4.78, 5) is 9.38. The third-order valence-corrected chi connectivity index (χ3v) is 6.40. The van der Waals surface area contributed by atoms with E-state index < -0.39 is 0 Å². The predicted octanol–water partition coefficient (Wildman–Crippen LogP) is 8.16. The maximum Gasteiger partial charge on any atom is 0.159 e. The van der Waals surface area contributed by atoms with E-state index >= 15 is 0 Å². The monoisotopic (exact) mass is 434 g/mol. The zero-order valence-corrected chi connectivity index (χ0v) is 20.1. The second-order valence-corrected chi connectivity index (χ2v) is 9.15. The Hall–Kier alpha value is -2.36. The van der Waals surface area contributed by atoms with Crippen LogP contribution in [0.15, 0.2) is 42.6 Å². The van der Waals surface area contributed by atoms with Crippen molar-refractivity contribution in [2.45, 2.75) is 103 Å². The minimum absolute atomic E-state index is 0.756. The van der Waals surface area contributed by atoms with E-state index in [4.69, 9.17) is 10.7 Å². The molecule has 4 nitrogen and oxygen atoms in total. The molecule has 0 fully saturated rings. The van der Waals surface area contributed by atoms with E-state index in [1.165, 1.54) is 89.9 Å². The minimum Gasteiger partial charge on any atom is -0.399 e. The van der Waals surface area contributed by atoms with E-state index in [0.717, 1.165) is 34.8 Å². The Morgan fingerprint density at radius 3 is 1.97 bits per heavy atom. The Morgan fingerprint density at radius 1 is 0.750 bits per heavy atom. The fraction of sp³-hybridized carbons (Fsp3) is 0.571. The second-order valence-electron chi connectivity index (χ2n) is 9.15. The predicted molar refractivity (Wildman–Crippen MR) is 138 cm³/mol. The summed E-state index contributed by atoms with van der Waals surface area (Å²) in [7, 11) is 0. The Kier molecular flexibility index (Phi) is 10.6. The highest BCUT2D eigenvalue weighted by Crippen LogP contribution is 2.26. The van der Waals surface area contributed by atoms with Gasteiger partial charge in [0.05, 0.1) is 11.0 Å². The number of pyridine rings is 1. The van der Waals surface area contributed by atoms with Crippen LogP contribution in [0.25, 0.3) is 22.6 Å². The molecule has 0 aliphatic rings. The third-order valence-electron chi connectivity index (χ3n) is 6.40. The first-order valence-electron chi connectivity index (χ1n) is 13.0. The number of imidazole rings is 1. The van der Waals surface area contributed by atoms with Gasteiger partial charge in [0, 0.05) is 18.4 Å². The van der Waals surface area contributed by atoms with Gasteiger partial charge in [-0.25, -0.2) is 4.98 Å². The van der Waals surface area contributed by atoms with Crippen molar-refractivity contribution in [2.24, 2.45) is 0 Å². The van der Waals surface area contributed by atoms with Crippen LogP contribution in [0.5, 0.6) is 0 Å². The molecule has 3 aromatic rings. The van der Waals surface area contributed by atoms with Crippen molar-refractivity contribution in [3.63, 3.8) is 0 Å². The zero-order chi connectivity index (χ0) is 22.4. The average molecular weight is 435 g/mol. The molecule has 3 rings (SSSR count). The molecule has 2 aromatic heterocycles. The second kappa shape index (κ2) is 13.9. The molecule has 0 aliphatic carbocycles. The Bertz CT molecular complexity index is 900. The van der Waals surface area contributed by atoms with Gasteiger partial charge in [-0.15, -0.1) is 0 Å². The number of hydrogen-bond acceptors (Lipinski definition) is 3. The van der Waals surface area contributed by atoms with Gasteiger partial charge in [0.25, 0.3) is 0 Å². The Balaban J connectivity index is 1.36. The lowest BCUT2D eigenvalue weighted by Crippen LogP contribution is -2.02. The van der Waals surface area contributed by atoms with Crippen LogP contribution in [0.3, 0.4) is 0 Å². The van der Waals surface area contributed by atoms with Crippen molar-refractivity contribution in [2.75, 3.05) is 5.73 Å². The van der Waals surface area contributed by atoms with E-state index in [0.29, 0.717) is 0 Å². The fourth-order valence-corrected chi connectivity index (χ4v) is 4.53. The first kappa shape index (κ1) is 24.3. The van der Waals surface area contributed by atoms with Crippen molar-refractivity contribution in [3.05, 3.63) is 42.6 Å². The molecule has 174 valence electrons. The van der Waals surface area contributed by atoms with Crippen LogP contribution in [-0.4, -0.2) is 14.5 Å². The van der Waals surface area contributed by atoms with Crippen LogP contribution < -0.4 is 5.73 Å². The lowest BCUT2D eigenvalue weighted by Gasteiger charge is -2.09. The van der Waals surface area contributed by atoms with Gasteiger partial charge >= 0.3 is 0 Å². The molecule has 0 unspecified atom stereocenters. The molecule has 0 bridgehead atoms. The van der Waals surface area contributed by atoms with Crippen LogP contribution in [0.2, 0.25) is 0 Å². The number of nitrogens with two attached hydrogens (primary N) is 1. The molecule has 1 aromatic carbocycles. The van der Waals surface area contributed by atoms with Crippen molar-refractivity contribution in [3.8, 4) is 11.5 Å². The molecule has 32 heavy (non-hydrogen) atoms. The van der Waals surface area contributed by atoms with Crippen molar-refractivity contribution in [1.29, 1.82) is 0 Å². The highest BCUT2D eigenvalue weighted by Gasteiger charge is 2.13. The highest BCUT2D eigenvalue weighted by molar-refractivity contribution is 5.82. The molecular formula is C28H42N4. The third kappa shape index (κ3) is 7.65. The molecule has 4 heteroatoms. The summed E-state index contributed by atoms with van der Waals surface area (Å²) in [5, 5.41) is 0. The van der Waals surface area contributed by atoms with Crippen LogP contribution in [-0.2, 0) is 6.54 Å². The molecule has 0 saturated carbocycles. The van der Waals surface area contributed by atoms with Crippen LogP contribution in [0.1, 0.15) is 96.8 Å². The summed E-state index contributed by atoms with van der Waals surface area (Å²) in [5.74, 6) is 0.945. The summed E-state index contributed by atoms with van der Waals surface area (Å²) in [5.41, 5.74) is 9.77. The molecule has 0 atom stereocenters. The number of nitrogen functional groups attached to an aromatic ring is 1. The number of fused-ring (bicyclic) bond motifs is 1. The Labute approximate surface area is 194 Å². The largest absolute Gasteiger partial charge is 0.399 e. The van der Waals surface area contributed by atoms with Crippen molar-refractivity contribution < 1.29 is 0 Å². The lowest BCUT2D eigenvalue weighted by molar-refractivity contribution is 0.526. The number of unbranched alkanes of at least 4 members (excludes halogenated alkanes) is 13. The van der Waals surface area contributed by atoms with Gasteiger partial charge in [-0.2, -0.15) is 0 Å². The smallest absolute Gasteiger partial charge is 0.159 e. The molecule has 0 spiro atoms.